The summed E-state index contributed by atoms with van der Waals surface area (Å²) < 4.78 is 32.3. The highest BCUT2D eigenvalue weighted by Gasteiger charge is 2.41. The first kappa shape index (κ1) is 19.4. The molecule has 3 aliphatic heterocycles. The zero-order valence-corrected chi connectivity index (χ0v) is 16.9. The summed E-state index contributed by atoms with van der Waals surface area (Å²) in [6, 6.07) is 4.12. The van der Waals surface area contributed by atoms with Crippen molar-refractivity contribution in [3.05, 3.63) is 12.1 Å². The molecule has 0 amide bonds. The number of aromatic nitrogens is 2. The van der Waals surface area contributed by atoms with Crippen molar-refractivity contribution in [2.24, 2.45) is 17.8 Å². The summed E-state index contributed by atoms with van der Waals surface area (Å²) >= 11 is 0. The minimum Gasteiger partial charge on any atom is -0.381 e. The van der Waals surface area contributed by atoms with Crippen molar-refractivity contribution >= 4 is 11.6 Å². The van der Waals surface area contributed by atoms with Crippen LogP contribution in [0.4, 0.5) is 20.4 Å². The lowest BCUT2D eigenvalue weighted by molar-refractivity contribution is 0.0256. The molecule has 0 bridgehead atoms. The standard InChI is InChI=1S/C21H31F2N5O/c22-21(23)5-6-28(14-21)20-2-1-19(25-26-20)24-18-9-16-12-27(13-17(16)10-18)11-15-3-7-29-8-4-15/h1-2,15-18H,3-14H2,(H,24,25)/t16-,17+,18?. The van der Waals surface area contributed by atoms with Crippen molar-refractivity contribution in [2.75, 3.05) is 56.2 Å². The molecule has 4 aliphatic rings. The molecule has 0 spiro atoms. The summed E-state index contributed by atoms with van der Waals surface area (Å²) in [7, 11) is 0. The molecule has 1 aliphatic carbocycles. The molecule has 4 heterocycles. The van der Waals surface area contributed by atoms with Crippen LogP contribution < -0.4 is 10.2 Å². The van der Waals surface area contributed by atoms with Gasteiger partial charge in [0.15, 0.2) is 5.82 Å². The maximum atomic E-state index is 13.4. The Morgan fingerprint density at radius 1 is 1.10 bits per heavy atom. The topological polar surface area (TPSA) is 53.5 Å². The molecule has 4 fully saturated rings. The average Bonchev–Trinajstić information content (AvgIpc) is 3.36. The normalized spacial score (nSPS) is 32.6. The molecule has 8 heteroatoms. The predicted octanol–water partition coefficient (Wildman–Crippen LogP) is 2.87. The lowest BCUT2D eigenvalue weighted by Gasteiger charge is -2.27. The zero-order valence-electron chi connectivity index (χ0n) is 16.9. The third-order valence-electron chi connectivity index (χ3n) is 7.18. The number of likely N-dealkylation sites (tertiary alicyclic amines) is 1. The smallest absolute Gasteiger partial charge is 0.266 e. The fraction of sp³-hybridized carbons (Fsp3) is 0.810. The third kappa shape index (κ3) is 4.48. The molecule has 0 aromatic carbocycles. The number of halogens is 2. The Labute approximate surface area is 171 Å². The molecule has 5 rings (SSSR count). The SMILES string of the molecule is FC1(F)CCN(c2ccc(NC3C[C@@H]4CN(CC5CCOCC5)C[C@@H]4C3)nn2)C1. The molecule has 1 aromatic rings. The highest BCUT2D eigenvalue weighted by atomic mass is 19.3. The summed E-state index contributed by atoms with van der Waals surface area (Å²) in [5, 5.41) is 12.0. The number of hydrogen-bond donors (Lipinski definition) is 1. The minimum atomic E-state index is -2.61. The molecule has 0 radical (unpaired) electrons. The van der Waals surface area contributed by atoms with Gasteiger partial charge >= 0.3 is 0 Å². The number of nitrogens with zero attached hydrogens (tertiary/aromatic N) is 4. The number of fused-ring (bicyclic) bond motifs is 1. The van der Waals surface area contributed by atoms with Gasteiger partial charge in [-0.1, -0.05) is 0 Å². The van der Waals surface area contributed by atoms with Gasteiger partial charge in [0.2, 0.25) is 0 Å². The molecular formula is C21H31F2N5O. The maximum absolute atomic E-state index is 13.4. The lowest BCUT2D eigenvalue weighted by atomic mass is 10.00. The Morgan fingerprint density at radius 3 is 2.48 bits per heavy atom. The van der Waals surface area contributed by atoms with Crippen molar-refractivity contribution in [1.82, 2.24) is 15.1 Å². The zero-order chi connectivity index (χ0) is 19.8. The van der Waals surface area contributed by atoms with E-state index in [0.717, 1.165) is 36.8 Å². The maximum Gasteiger partial charge on any atom is 0.266 e. The molecule has 3 saturated heterocycles. The van der Waals surface area contributed by atoms with E-state index in [9.17, 15) is 8.78 Å². The summed E-state index contributed by atoms with van der Waals surface area (Å²) in [6.07, 6.45) is 4.66. The Hall–Kier alpha value is -1.54. The second kappa shape index (κ2) is 7.95. The Balaban J connectivity index is 1.09. The first-order chi connectivity index (χ1) is 14.0. The number of alkyl halides is 2. The number of rotatable bonds is 5. The van der Waals surface area contributed by atoms with Crippen molar-refractivity contribution in [1.29, 1.82) is 0 Å². The Bertz CT molecular complexity index is 683. The van der Waals surface area contributed by atoms with Crippen molar-refractivity contribution in [3.8, 4) is 0 Å². The van der Waals surface area contributed by atoms with Crippen LogP contribution in [0.3, 0.4) is 0 Å². The number of nitrogens with one attached hydrogen (secondary N) is 1. The van der Waals surface area contributed by atoms with Gasteiger partial charge in [-0.25, -0.2) is 8.78 Å². The van der Waals surface area contributed by atoms with Gasteiger partial charge in [0.05, 0.1) is 6.54 Å². The van der Waals surface area contributed by atoms with Crippen LogP contribution >= 0.6 is 0 Å². The molecule has 1 unspecified atom stereocenters. The van der Waals surface area contributed by atoms with E-state index < -0.39 is 5.92 Å². The summed E-state index contributed by atoms with van der Waals surface area (Å²) in [5.74, 6) is 1.03. The van der Waals surface area contributed by atoms with Crippen LogP contribution in [0.25, 0.3) is 0 Å². The van der Waals surface area contributed by atoms with Crippen LogP contribution in [0.2, 0.25) is 0 Å². The molecular weight excluding hydrogens is 376 g/mol. The van der Waals surface area contributed by atoms with E-state index in [0.29, 0.717) is 18.4 Å². The van der Waals surface area contributed by atoms with Gasteiger partial charge < -0.3 is 19.9 Å². The van der Waals surface area contributed by atoms with Gasteiger partial charge in [-0.3, -0.25) is 0 Å². The number of hydrogen-bond acceptors (Lipinski definition) is 6. The van der Waals surface area contributed by atoms with Crippen LogP contribution in [0, 0.1) is 17.8 Å². The summed E-state index contributed by atoms with van der Waals surface area (Å²) in [5.41, 5.74) is 0. The van der Waals surface area contributed by atoms with Crippen LogP contribution in [-0.2, 0) is 4.74 Å². The lowest BCUT2D eigenvalue weighted by Crippen LogP contribution is -2.32. The fourth-order valence-corrected chi connectivity index (χ4v) is 5.67. The van der Waals surface area contributed by atoms with E-state index in [1.165, 1.54) is 45.3 Å². The first-order valence-corrected chi connectivity index (χ1v) is 11.1. The van der Waals surface area contributed by atoms with Crippen LogP contribution in [-0.4, -0.2) is 73.0 Å². The molecule has 1 aromatic heterocycles. The van der Waals surface area contributed by atoms with Crippen LogP contribution in [0.15, 0.2) is 12.1 Å². The first-order valence-electron chi connectivity index (χ1n) is 11.1. The van der Waals surface area contributed by atoms with Gasteiger partial charge in [-0.2, -0.15) is 0 Å². The van der Waals surface area contributed by atoms with Gasteiger partial charge in [-0.05, 0) is 55.6 Å². The highest BCUT2D eigenvalue weighted by Crippen LogP contribution is 2.39. The fourth-order valence-electron chi connectivity index (χ4n) is 5.67. The number of ether oxygens (including phenoxy) is 1. The third-order valence-corrected chi connectivity index (χ3v) is 7.18. The van der Waals surface area contributed by atoms with E-state index in [1.54, 1.807) is 4.90 Å². The molecule has 160 valence electrons. The van der Waals surface area contributed by atoms with E-state index in [-0.39, 0.29) is 13.0 Å². The largest absolute Gasteiger partial charge is 0.381 e. The molecule has 29 heavy (non-hydrogen) atoms. The Kier molecular flexibility index (Phi) is 5.32. The van der Waals surface area contributed by atoms with Crippen molar-refractivity contribution in [2.45, 2.75) is 44.1 Å². The average molecular weight is 408 g/mol. The molecule has 3 atom stereocenters. The second-order valence-electron chi connectivity index (χ2n) is 9.41. The quantitative estimate of drug-likeness (QED) is 0.810. The van der Waals surface area contributed by atoms with E-state index >= 15 is 0 Å². The van der Waals surface area contributed by atoms with Crippen molar-refractivity contribution in [3.63, 3.8) is 0 Å². The van der Waals surface area contributed by atoms with Gasteiger partial charge in [0.1, 0.15) is 5.82 Å². The molecule has 1 N–H and O–H groups in total. The van der Waals surface area contributed by atoms with Gasteiger partial charge in [-0.15, -0.1) is 10.2 Å². The van der Waals surface area contributed by atoms with Gasteiger partial charge in [0, 0.05) is 51.9 Å². The molecule has 6 nitrogen and oxygen atoms in total. The van der Waals surface area contributed by atoms with E-state index in [4.69, 9.17) is 4.74 Å². The van der Waals surface area contributed by atoms with E-state index in [1.807, 2.05) is 12.1 Å². The summed E-state index contributed by atoms with van der Waals surface area (Å²) in [6.45, 7) is 5.60. The highest BCUT2D eigenvalue weighted by molar-refractivity contribution is 5.45. The van der Waals surface area contributed by atoms with Crippen LogP contribution in [0.1, 0.15) is 32.1 Å². The van der Waals surface area contributed by atoms with Crippen molar-refractivity contribution < 1.29 is 13.5 Å². The van der Waals surface area contributed by atoms with Crippen LogP contribution in [0.5, 0.6) is 0 Å². The summed E-state index contributed by atoms with van der Waals surface area (Å²) in [4.78, 5) is 4.28. The Morgan fingerprint density at radius 2 is 1.86 bits per heavy atom. The van der Waals surface area contributed by atoms with Gasteiger partial charge in [0.25, 0.3) is 5.92 Å². The predicted molar refractivity (Wildman–Crippen MR) is 107 cm³/mol. The number of anilines is 2. The molecule has 1 saturated carbocycles. The van der Waals surface area contributed by atoms with E-state index in [2.05, 4.69) is 20.4 Å². The monoisotopic (exact) mass is 407 g/mol. The second-order valence-corrected chi connectivity index (χ2v) is 9.41. The minimum absolute atomic E-state index is 0.106.